The Bertz CT molecular complexity index is 365. The molecule has 0 spiro atoms. The van der Waals surface area contributed by atoms with Gasteiger partial charge in [0.05, 0.1) is 11.9 Å². The summed E-state index contributed by atoms with van der Waals surface area (Å²) >= 11 is 0. The Morgan fingerprint density at radius 2 is 2.17 bits per heavy atom. The van der Waals surface area contributed by atoms with Crippen molar-refractivity contribution in [2.45, 2.75) is 13.0 Å². The predicted molar refractivity (Wildman–Crippen MR) is 47.3 cm³/mol. The second-order valence-corrected chi connectivity index (χ2v) is 4.64. The maximum atomic E-state index is 11.1. The quantitative estimate of drug-likeness (QED) is 0.726. The molecule has 68 valence electrons. The Kier molecular flexibility index (Phi) is 2.25. The summed E-state index contributed by atoms with van der Waals surface area (Å²) in [5.74, 6) is 0. The molecule has 4 nitrogen and oxygen atoms in total. The molecule has 0 bridgehead atoms. The minimum atomic E-state index is -3.20. The van der Waals surface area contributed by atoms with Crippen LogP contribution >= 0.6 is 0 Å². The van der Waals surface area contributed by atoms with Crippen molar-refractivity contribution >= 4 is 10.0 Å². The Morgan fingerprint density at radius 1 is 1.58 bits per heavy atom. The number of nitrogens with zero attached hydrogens (tertiary/aromatic N) is 1. The van der Waals surface area contributed by atoms with Crippen molar-refractivity contribution in [3.63, 3.8) is 0 Å². The second-order valence-electron chi connectivity index (χ2n) is 2.78. The van der Waals surface area contributed by atoms with E-state index < -0.39 is 10.0 Å². The third-order valence-electron chi connectivity index (χ3n) is 1.57. The lowest BCUT2D eigenvalue weighted by atomic mass is 10.3. The van der Waals surface area contributed by atoms with E-state index in [0.717, 1.165) is 6.26 Å². The molecule has 0 saturated carbocycles. The van der Waals surface area contributed by atoms with E-state index in [0.29, 0.717) is 5.69 Å². The summed E-state index contributed by atoms with van der Waals surface area (Å²) in [7, 11) is -3.20. The van der Waals surface area contributed by atoms with E-state index in [4.69, 9.17) is 5.73 Å². The van der Waals surface area contributed by atoms with Gasteiger partial charge in [0.1, 0.15) is 0 Å². The van der Waals surface area contributed by atoms with Gasteiger partial charge in [-0.2, -0.15) is 0 Å². The van der Waals surface area contributed by atoms with E-state index in [2.05, 4.69) is 0 Å². The smallest absolute Gasteiger partial charge is 0.235 e. The highest BCUT2D eigenvalue weighted by atomic mass is 32.2. The Balaban J connectivity index is 3.26. The maximum Gasteiger partial charge on any atom is 0.235 e. The van der Waals surface area contributed by atoms with Gasteiger partial charge in [0.2, 0.25) is 10.0 Å². The zero-order valence-corrected chi connectivity index (χ0v) is 7.88. The van der Waals surface area contributed by atoms with Crippen molar-refractivity contribution in [3.8, 4) is 0 Å². The van der Waals surface area contributed by atoms with Gasteiger partial charge in [-0.3, -0.25) is 0 Å². The molecule has 1 atom stereocenters. The lowest BCUT2D eigenvalue weighted by molar-refractivity contribution is 0.588. The van der Waals surface area contributed by atoms with E-state index in [1.54, 1.807) is 19.1 Å². The van der Waals surface area contributed by atoms with Gasteiger partial charge in [0.25, 0.3) is 0 Å². The van der Waals surface area contributed by atoms with Crippen molar-refractivity contribution in [3.05, 3.63) is 24.0 Å². The molecule has 2 N–H and O–H groups in total. The van der Waals surface area contributed by atoms with E-state index in [1.807, 2.05) is 0 Å². The molecule has 1 aromatic heterocycles. The molecule has 0 unspecified atom stereocenters. The summed E-state index contributed by atoms with van der Waals surface area (Å²) < 4.78 is 23.4. The summed E-state index contributed by atoms with van der Waals surface area (Å²) in [6.45, 7) is 1.75. The molecule has 0 aromatic carbocycles. The van der Waals surface area contributed by atoms with Crippen molar-refractivity contribution in [2.24, 2.45) is 5.73 Å². The molecule has 0 amide bonds. The second kappa shape index (κ2) is 2.91. The van der Waals surface area contributed by atoms with Crippen LogP contribution in [0.25, 0.3) is 0 Å². The number of rotatable bonds is 2. The van der Waals surface area contributed by atoms with Crippen LogP contribution in [0.5, 0.6) is 0 Å². The zero-order chi connectivity index (χ0) is 9.35. The number of hydrogen-bond acceptors (Lipinski definition) is 3. The molecule has 0 radical (unpaired) electrons. The SMILES string of the molecule is C[C@@H](N)c1cccn1S(C)(=O)=O. The van der Waals surface area contributed by atoms with E-state index in [9.17, 15) is 8.42 Å². The number of hydrogen-bond donors (Lipinski definition) is 1. The average molecular weight is 188 g/mol. The lowest BCUT2D eigenvalue weighted by Gasteiger charge is -2.08. The van der Waals surface area contributed by atoms with Gasteiger partial charge in [-0.05, 0) is 19.1 Å². The standard InChI is InChI=1S/C7H12N2O2S/c1-6(8)7-4-3-5-9(7)12(2,10)11/h3-6H,8H2,1-2H3/t6-/m1/s1. The molecule has 0 fully saturated rings. The Hall–Kier alpha value is -0.810. The molecular formula is C7H12N2O2S. The van der Waals surface area contributed by atoms with Gasteiger partial charge in [-0.25, -0.2) is 12.4 Å². The number of aromatic nitrogens is 1. The van der Waals surface area contributed by atoms with Crippen LogP contribution in [0.3, 0.4) is 0 Å². The van der Waals surface area contributed by atoms with Gasteiger partial charge in [0.15, 0.2) is 0 Å². The fourth-order valence-electron chi connectivity index (χ4n) is 1.03. The van der Waals surface area contributed by atoms with Crippen LogP contribution in [0.15, 0.2) is 18.3 Å². The van der Waals surface area contributed by atoms with Crippen LogP contribution in [0.1, 0.15) is 18.7 Å². The molecule has 12 heavy (non-hydrogen) atoms. The molecule has 1 heterocycles. The highest BCUT2D eigenvalue weighted by Gasteiger charge is 2.12. The van der Waals surface area contributed by atoms with Crippen molar-refractivity contribution in [2.75, 3.05) is 6.26 Å². The highest BCUT2D eigenvalue weighted by Crippen LogP contribution is 2.12. The minimum Gasteiger partial charge on any atom is -0.323 e. The average Bonchev–Trinajstić information content (AvgIpc) is 2.30. The molecule has 1 aromatic rings. The van der Waals surface area contributed by atoms with Gasteiger partial charge in [0, 0.05) is 12.2 Å². The van der Waals surface area contributed by atoms with Gasteiger partial charge in [-0.1, -0.05) is 0 Å². The molecule has 0 aliphatic rings. The molecular weight excluding hydrogens is 176 g/mol. The van der Waals surface area contributed by atoms with Crippen molar-refractivity contribution in [1.29, 1.82) is 0 Å². The van der Waals surface area contributed by atoms with Crippen molar-refractivity contribution in [1.82, 2.24) is 3.97 Å². The normalized spacial score (nSPS) is 14.6. The van der Waals surface area contributed by atoms with E-state index in [1.165, 1.54) is 10.2 Å². The monoisotopic (exact) mass is 188 g/mol. The van der Waals surface area contributed by atoms with Crippen molar-refractivity contribution < 1.29 is 8.42 Å². The van der Waals surface area contributed by atoms with Gasteiger partial charge in [-0.15, -0.1) is 0 Å². The summed E-state index contributed by atoms with van der Waals surface area (Å²) in [5.41, 5.74) is 6.18. The third-order valence-corrected chi connectivity index (χ3v) is 2.61. The van der Waals surface area contributed by atoms with Crippen LogP contribution in [-0.4, -0.2) is 18.6 Å². The molecule has 5 heteroatoms. The lowest BCUT2D eigenvalue weighted by Crippen LogP contribution is -2.17. The molecule has 1 rings (SSSR count). The fourth-order valence-corrected chi connectivity index (χ4v) is 1.94. The van der Waals surface area contributed by atoms with Crippen LogP contribution in [0.2, 0.25) is 0 Å². The third kappa shape index (κ3) is 1.67. The zero-order valence-electron chi connectivity index (χ0n) is 7.06. The first kappa shape index (κ1) is 9.28. The van der Waals surface area contributed by atoms with Crippen LogP contribution in [0, 0.1) is 0 Å². The highest BCUT2D eigenvalue weighted by molar-refractivity contribution is 7.89. The minimum absolute atomic E-state index is 0.269. The van der Waals surface area contributed by atoms with E-state index in [-0.39, 0.29) is 6.04 Å². The maximum absolute atomic E-state index is 11.1. The number of nitrogens with two attached hydrogens (primary N) is 1. The Labute approximate surface area is 72.0 Å². The van der Waals surface area contributed by atoms with Crippen LogP contribution < -0.4 is 5.73 Å². The van der Waals surface area contributed by atoms with Gasteiger partial charge >= 0.3 is 0 Å². The largest absolute Gasteiger partial charge is 0.323 e. The molecule has 0 aliphatic carbocycles. The first-order valence-electron chi connectivity index (χ1n) is 3.56. The molecule has 0 aliphatic heterocycles. The predicted octanol–water partition coefficient (Wildman–Crippen LogP) is 0.316. The molecule has 0 saturated heterocycles. The summed E-state index contributed by atoms with van der Waals surface area (Å²) in [6, 6.07) is 3.10. The Morgan fingerprint density at radius 3 is 2.50 bits per heavy atom. The summed E-state index contributed by atoms with van der Waals surface area (Å²) in [4.78, 5) is 0. The first-order chi connectivity index (χ1) is 5.43. The van der Waals surface area contributed by atoms with Crippen LogP contribution in [0.4, 0.5) is 0 Å². The first-order valence-corrected chi connectivity index (χ1v) is 5.41. The fraction of sp³-hybridized carbons (Fsp3) is 0.429. The summed E-state index contributed by atoms with van der Waals surface area (Å²) in [5, 5.41) is 0. The topological polar surface area (TPSA) is 65.1 Å². The van der Waals surface area contributed by atoms with E-state index >= 15 is 0 Å². The van der Waals surface area contributed by atoms with Gasteiger partial charge < -0.3 is 5.73 Å². The van der Waals surface area contributed by atoms with Crippen LogP contribution in [-0.2, 0) is 10.0 Å². The summed E-state index contributed by atoms with van der Waals surface area (Å²) in [6.07, 6.45) is 2.65.